The quantitative estimate of drug-likeness (QED) is 0.618. The number of rotatable bonds is 7. The second-order valence-electron chi connectivity index (χ2n) is 10.9. The predicted molar refractivity (Wildman–Crippen MR) is 132 cm³/mol. The van der Waals surface area contributed by atoms with E-state index in [1.807, 2.05) is 66.7 Å². The van der Waals surface area contributed by atoms with Gasteiger partial charge < -0.3 is 20.3 Å². The number of hydrogen-bond donors (Lipinski definition) is 2. The van der Waals surface area contributed by atoms with Crippen molar-refractivity contribution in [3.05, 3.63) is 34.9 Å². The molecule has 0 heterocycles. The smallest absolute Gasteiger partial charge is 0.408 e. The second kappa shape index (κ2) is 11.0. The third-order valence-corrected chi connectivity index (χ3v) is 5.57. The highest BCUT2D eigenvalue weighted by Gasteiger charge is 2.37. The Bertz CT molecular complexity index is 852. The van der Waals surface area contributed by atoms with Gasteiger partial charge in [0.2, 0.25) is 11.8 Å². The number of ether oxygens (including phenoxy) is 1. The Labute approximate surface area is 199 Å². The fourth-order valence-electron chi connectivity index (χ4n) is 3.50. The minimum atomic E-state index is -0.844. The number of hydrogen-bond acceptors (Lipinski definition) is 4. The van der Waals surface area contributed by atoms with Crippen molar-refractivity contribution in [2.75, 3.05) is 7.05 Å². The Balaban J connectivity index is 3.40. The number of benzene rings is 1. The molecular weight excluding hydrogens is 418 g/mol. The zero-order valence-corrected chi connectivity index (χ0v) is 22.3. The molecule has 33 heavy (non-hydrogen) atoms. The van der Waals surface area contributed by atoms with Crippen LogP contribution in [0, 0.1) is 19.8 Å². The predicted octanol–water partition coefficient (Wildman–Crippen LogP) is 4.66. The van der Waals surface area contributed by atoms with Gasteiger partial charge in [-0.3, -0.25) is 9.59 Å². The van der Waals surface area contributed by atoms with Crippen LogP contribution in [0.3, 0.4) is 0 Å². The summed E-state index contributed by atoms with van der Waals surface area (Å²) in [5.41, 5.74) is 1.58. The molecular formula is C26H43N3O4. The summed E-state index contributed by atoms with van der Waals surface area (Å²) in [6.45, 7) is 18.8. The molecule has 7 heteroatoms. The minimum Gasteiger partial charge on any atom is -0.444 e. The second-order valence-corrected chi connectivity index (χ2v) is 10.9. The molecule has 0 aliphatic carbocycles. The van der Waals surface area contributed by atoms with E-state index >= 15 is 0 Å². The van der Waals surface area contributed by atoms with Crippen LogP contribution in [0.4, 0.5) is 4.79 Å². The first-order chi connectivity index (χ1) is 15.0. The van der Waals surface area contributed by atoms with Gasteiger partial charge in [0.1, 0.15) is 17.7 Å². The maximum Gasteiger partial charge on any atom is 0.408 e. The van der Waals surface area contributed by atoms with Crippen LogP contribution in [-0.2, 0) is 14.3 Å². The maximum atomic E-state index is 13.7. The average Bonchev–Trinajstić information content (AvgIpc) is 2.65. The van der Waals surface area contributed by atoms with E-state index in [2.05, 4.69) is 10.6 Å². The number of carbonyl (C=O) groups excluding carboxylic acids is 3. The molecule has 7 nitrogen and oxygen atoms in total. The van der Waals surface area contributed by atoms with Crippen molar-refractivity contribution < 1.29 is 19.1 Å². The third-order valence-electron chi connectivity index (χ3n) is 5.57. The summed E-state index contributed by atoms with van der Waals surface area (Å²) in [5, 5.41) is 5.75. The summed E-state index contributed by atoms with van der Waals surface area (Å²) in [5.74, 6) is -0.769. The number of amides is 3. The van der Waals surface area contributed by atoms with Crippen molar-refractivity contribution >= 4 is 17.9 Å². The lowest BCUT2D eigenvalue weighted by atomic mass is 9.93. The van der Waals surface area contributed by atoms with Crippen LogP contribution >= 0.6 is 0 Å². The molecule has 0 aliphatic heterocycles. The van der Waals surface area contributed by atoms with Gasteiger partial charge in [-0.05, 0) is 78.0 Å². The largest absolute Gasteiger partial charge is 0.444 e. The lowest BCUT2D eigenvalue weighted by Crippen LogP contribution is -2.55. The fraction of sp³-hybridized carbons (Fsp3) is 0.654. The van der Waals surface area contributed by atoms with Gasteiger partial charge in [0.15, 0.2) is 0 Å². The molecule has 2 N–H and O–H groups in total. The van der Waals surface area contributed by atoms with E-state index < -0.39 is 29.3 Å². The Morgan fingerprint density at radius 3 is 2.12 bits per heavy atom. The summed E-state index contributed by atoms with van der Waals surface area (Å²) in [6, 6.07) is 4.07. The number of likely N-dealkylation sites (N-methyl/N-ethyl adjacent to an activating group) is 1. The van der Waals surface area contributed by atoms with Crippen molar-refractivity contribution in [2.24, 2.45) is 5.92 Å². The summed E-state index contributed by atoms with van der Waals surface area (Å²) < 4.78 is 5.39. The summed E-state index contributed by atoms with van der Waals surface area (Å²) in [4.78, 5) is 41.1. The van der Waals surface area contributed by atoms with Crippen LogP contribution < -0.4 is 10.6 Å². The standard InChI is InChI=1S/C26H43N3O4/c1-12-16(2)20(27-24(32)33-26(8,9)10)23(31)29(11)21(22(30)28-25(5,6)7)19-15-13-14-17(3)18(19)4/h13-16,20-21H,12H2,1-11H3,(H,27,32)(H,28,30). The molecule has 0 spiro atoms. The number of aryl methyl sites for hydroxylation is 1. The van der Waals surface area contributed by atoms with E-state index in [0.717, 1.165) is 16.7 Å². The van der Waals surface area contributed by atoms with Crippen LogP contribution in [0.25, 0.3) is 0 Å². The third kappa shape index (κ3) is 8.37. The number of alkyl carbamates (subject to hydrolysis) is 1. The van der Waals surface area contributed by atoms with Crippen molar-refractivity contribution in [3.63, 3.8) is 0 Å². The molecule has 1 rings (SSSR count). The highest BCUT2D eigenvalue weighted by Crippen LogP contribution is 2.27. The van der Waals surface area contributed by atoms with Crippen molar-refractivity contribution in [2.45, 2.75) is 98.9 Å². The first-order valence-corrected chi connectivity index (χ1v) is 11.6. The van der Waals surface area contributed by atoms with Gasteiger partial charge >= 0.3 is 6.09 Å². The van der Waals surface area contributed by atoms with Crippen molar-refractivity contribution in [1.29, 1.82) is 0 Å². The summed E-state index contributed by atoms with van der Waals surface area (Å²) in [7, 11) is 1.61. The molecule has 1 aromatic rings. The van der Waals surface area contributed by atoms with Crippen molar-refractivity contribution in [3.8, 4) is 0 Å². The summed E-state index contributed by atoms with van der Waals surface area (Å²) >= 11 is 0. The molecule has 0 saturated carbocycles. The van der Waals surface area contributed by atoms with E-state index in [0.29, 0.717) is 6.42 Å². The average molecular weight is 462 g/mol. The maximum absolute atomic E-state index is 13.7. The summed E-state index contributed by atoms with van der Waals surface area (Å²) in [6.07, 6.45) is 0.0134. The van der Waals surface area contributed by atoms with Crippen LogP contribution in [0.15, 0.2) is 18.2 Å². The van der Waals surface area contributed by atoms with Gasteiger partial charge in [-0.2, -0.15) is 0 Å². The molecule has 0 radical (unpaired) electrons. The molecule has 3 atom stereocenters. The Kier molecular flexibility index (Phi) is 9.52. The number of carbonyl (C=O) groups is 3. The molecule has 186 valence electrons. The van der Waals surface area contributed by atoms with Crippen LogP contribution in [0.1, 0.15) is 84.5 Å². The van der Waals surface area contributed by atoms with E-state index in [4.69, 9.17) is 4.74 Å². The molecule has 0 bridgehead atoms. The molecule has 3 amide bonds. The van der Waals surface area contributed by atoms with Gasteiger partial charge in [-0.25, -0.2) is 4.79 Å². The first kappa shape index (κ1) is 28.5. The molecule has 0 fully saturated rings. The lowest BCUT2D eigenvalue weighted by molar-refractivity contribution is -0.142. The van der Waals surface area contributed by atoms with Gasteiger partial charge in [0.25, 0.3) is 0 Å². The zero-order chi connectivity index (χ0) is 25.7. The first-order valence-electron chi connectivity index (χ1n) is 11.6. The molecule has 0 aromatic heterocycles. The van der Waals surface area contributed by atoms with E-state index in [1.165, 1.54) is 4.90 Å². The number of nitrogens with one attached hydrogen (secondary N) is 2. The van der Waals surface area contributed by atoms with Gasteiger partial charge in [-0.15, -0.1) is 0 Å². The van der Waals surface area contributed by atoms with Gasteiger partial charge in [-0.1, -0.05) is 38.5 Å². The molecule has 1 aromatic carbocycles. The van der Waals surface area contributed by atoms with E-state index in [9.17, 15) is 14.4 Å². The van der Waals surface area contributed by atoms with Gasteiger partial charge in [0, 0.05) is 12.6 Å². The Morgan fingerprint density at radius 2 is 1.64 bits per heavy atom. The lowest BCUT2D eigenvalue weighted by Gasteiger charge is -2.35. The molecule has 0 saturated heterocycles. The monoisotopic (exact) mass is 461 g/mol. The molecule has 0 aliphatic rings. The highest BCUT2D eigenvalue weighted by atomic mass is 16.6. The van der Waals surface area contributed by atoms with Crippen LogP contribution in [0.2, 0.25) is 0 Å². The van der Waals surface area contributed by atoms with Crippen LogP contribution in [-0.4, -0.2) is 47.0 Å². The minimum absolute atomic E-state index is 0.155. The Morgan fingerprint density at radius 1 is 1.06 bits per heavy atom. The molecule has 3 unspecified atom stereocenters. The van der Waals surface area contributed by atoms with Crippen LogP contribution in [0.5, 0.6) is 0 Å². The topological polar surface area (TPSA) is 87.7 Å². The number of nitrogens with zero attached hydrogens (tertiary/aromatic N) is 1. The van der Waals surface area contributed by atoms with E-state index in [-0.39, 0.29) is 17.7 Å². The van der Waals surface area contributed by atoms with E-state index in [1.54, 1.807) is 27.8 Å². The Hall–Kier alpha value is -2.57. The van der Waals surface area contributed by atoms with Gasteiger partial charge in [0.05, 0.1) is 0 Å². The fourth-order valence-corrected chi connectivity index (χ4v) is 3.50. The van der Waals surface area contributed by atoms with Crippen molar-refractivity contribution in [1.82, 2.24) is 15.5 Å². The normalized spacial score (nSPS) is 14.6. The highest BCUT2D eigenvalue weighted by molar-refractivity contribution is 5.92. The zero-order valence-electron chi connectivity index (χ0n) is 22.3. The SMILES string of the molecule is CCC(C)C(NC(=O)OC(C)(C)C)C(=O)N(C)C(C(=O)NC(C)(C)C)c1cccc(C)c1C.